The van der Waals surface area contributed by atoms with Gasteiger partial charge in [-0.15, -0.1) is 0 Å². The average molecular weight is 248 g/mol. The van der Waals surface area contributed by atoms with Gasteiger partial charge < -0.3 is 19.0 Å². The highest BCUT2D eigenvalue weighted by molar-refractivity contribution is 5.77. The van der Waals surface area contributed by atoms with Gasteiger partial charge in [-0.05, 0) is 18.6 Å². The van der Waals surface area contributed by atoms with Crippen molar-refractivity contribution in [1.82, 2.24) is 0 Å². The highest BCUT2D eigenvalue weighted by Crippen LogP contribution is 2.24. The van der Waals surface area contributed by atoms with Gasteiger partial charge in [-0.2, -0.15) is 0 Å². The Bertz CT molecular complexity index is 480. The van der Waals surface area contributed by atoms with E-state index >= 15 is 0 Å². The third kappa shape index (κ3) is 2.41. The Kier molecular flexibility index (Phi) is 3.32. The van der Waals surface area contributed by atoms with Gasteiger partial charge in [0.1, 0.15) is 17.4 Å². The number of ether oxygens (including phenoxy) is 2. The first-order valence-electron chi connectivity index (χ1n) is 6.19. The first kappa shape index (κ1) is 11.7. The molecule has 1 saturated heterocycles. The number of benzene rings is 1. The van der Waals surface area contributed by atoms with E-state index in [1.807, 2.05) is 30.3 Å². The van der Waals surface area contributed by atoms with Crippen molar-refractivity contribution in [2.24, 2.45) is 0 Å². The van der Waals surface area contributed by atoms with Crippen molar-refractivity contribution in [3.8, 4) is 0 Å². The van der Waals surface area contributed by atoms with Crippen LogP contribution in [0.4, 0.5) is 0 Å². The lowest BCUT2D eigenvalue weighted by molar-refractivity contribution is -0.0194. The fraction of sp³-hybridized carbons (Fsp3) is 0.429. The monoisotopic (exact) mass is 248 g/mol. The lowest BCUT2D eigenvalue weighted by Crippen LogP contribution is -2.17. The molecule has 1 aromatic heterocycles. The van der Waals surface area contributed by atoms with Crippen LogP contribution >= 0.6 is 0 Å². The van der Waals surface area contributed by atoms with Crippen molar-refractivity contribution in [1.29, 1.82) is 0 Å². The molecule has 2 atom stereocenters. The van der Waals surface area contributed by atoms with Crippen LogP contribution in [0.5, 0.6) is 0 Å². The van der Waals surface area contributed by atoms with Crippen LogP contribution in [0, 0.1) is 0 Å². The summed E-state index contributed by atoms with van der Waals surface area (Å²) in [6.45, 7) is 1.60. The molecule has 18 heavy (non-hydrogen) atoms. The van der Waals surface area contributed by atoms with Crippen molar-refractivity contribution < 1.29 is 19.0 Å². The minimum absolute atomic E-state index is 0.101. The molecule has 0 radical (unpaired) electrons. The molecule has 0 amide bonds. The normalized spacial score (nSPS) is 21.5. The maximum Gasteiger partial charge on any atom is 0.136 e. The van der Waals surface area contributed by atoms with Crippen LogP contribution in [0.2, 0.25) is 0 Å². The molecule has 0 aliphatic carbocycles. The van der Waals surface area contributed by atoms with E-state index in [0.717, 1.165) is 24.0 Å². The predicted octanol–water partition coefficient (Wildman–Crippen LogP) is 2.27. The molecule has 96 valence electrons. The molecule has 3 rings (SSSR count). The molecule has 0 bridgehead atoms. The van der Waals surface area contributed by atoms with Crippen LogP contribution in [0.1, 0.15) is 18.3 Å². The minimum Gasteiger partial charge on any atom is -0.458 e. The van der Waals surface area contributed by atoms with Crippen LogP contribution in [0.25, 0.3) is 11.0 Å². The Morgan fingerprint density at radius 3 is 3.06 bits per heavy atom. The molecule has 0 saturated carbocycles. The number of furan rings is 1. The first-order valence-corrected chi connectivity index (χ1v) is 6.19. The van der Waals surface area contributed by atoms with Gasteiger partial charge >= 0.3 is 0 Å². The largest absolute Gasteiger partial charge is 0.458 e. The maximum atomic E-state index is 10.0. The summed E-state index contributed by atoms with van der Waals surface area (Å²) in [5.74, 6) is 0.551. The van der Waals surface area contributed by atoms with Crippen LogP contribution in [-0.4, -0.2) is 31.0 Å². The highest BCUT2D eigenvalue weighted by atomic mass is 16.5. The molecule has 1 aliphatic rings. The highest BCUT2D eigenvalue weighted by Gasteiger charge is 2.19. The molecule has 1 fully saturated rings. The number of rotatable bonds is 4. The maximum absolute atomic E-state index is 10.0. The Balaban J connectivity index is 1.65. The Morgan fingerprint density at radius 1 is 1.39 bits per heavy atom. The Hall–Kier alpha value is -1.36. The third-order valence-electron chi connectivity index (χ3n) is 3.15. The molecule has 4 nitrogen and oxygen atoms in total. The first-order chi connectivity index (χ1) is 8.83. The molecule has 1 N–H and O–H groups in total. The number of aliphatic hydroxyl groups excluding tert-OH is 1. The van der Waals surface area contributed by atoms with E-state index in [9.17, 15) is 5.11 Å². The fourth-order valence-corrected chi connectivity index (χ4v) is 2.12. The van der Waals surface area contributed by atoms with Crippen LogP contribution in [-0.2, 0) is 9.47 Å². The van der Waals surface area contributed by atoms with E-state index < -0.39 is 6.10 Å². The molecule has 4 heteroatoms. The van der Waals surface area contributed by atoms with Gasteiger partial charge in [0, 0.05) is 12.0 Å². The number of fused-ring (bicyclic) bond motifs is 1. The lowest BCUT2D eigenvalue weighted by atomic mass is 10.2. The zero-order valence-electron chi connectivity index (χ0n) is 10.0. The van der Waals surface area contributed by atoms with Gasteiger partial charge in [0.15, 0.2) is 0 Å². The lowest BCUT2D eigenvalue weighted by Gasteiger charge is -2.12. The zero-order chi connectivity index (χ0) is 12.4. The van der Waals surface area contributed by atoms with E-state index in [1.54, 1.807) is 0 Å². The van der Waals surface area contributed by atoms with E-state index in [2.05, 4.69) is 0 Å². The SMILES string of the molecule is OC(COC1CCOC1)c1cc2ccccc2o1. The summed E-state index contributed by atoms with van der Waals surface area (Å²) in [6.07, 6.45) is 0.273. The Labute approximate surface area is 105 Å². The van der Waals surface area contributed by atoms with E-state index in [1.165, 1.54) is 0 Å². The number of para-hydroxylation sites is 1. The summed E-state index contributed by atoms with van der Waals surface area (Å²) >= 11 is 0. The smallest absolute Gasteiger partial charge is 0.136 e. The van der Waals surface area contributed by atoms with Crippen molar-refractivity contribution in [3.05, 3.63) is 36.1 Å². The second-order valence-electron chi connectivity index (χ2n) is 4.52. The fourth-order valence-electron chi connectivity index (χ4n) is 2.12. The molecule has 2 aromatic rings. The molecule has 1 aromatic carbocycles. The molecule has 1 aliphatic heterocycles. The topological polar surface area (TPSA) is 51.8 Å². The van der Waals surface area contributed by atoms with Crippen molar-refractivity contribution in [3.63, 3.8) is 0 Å². The number of aliphatic hydroxyl groups is 1. The van der Waals surface area contributed by atoms with E-state index in [0.29, 0.717) is 12.4 Å². The van der Waals surface area contributed by atoms with E-state index in [4.69, 9.17) is 13.9 Å². The third-order valence-corrected chi connectivity index (χ3v) is 3.15. The Morgan fingerprint density at radius 2 is 2.28 bits per heavy atom. The summed E-state index contributed by atoms with van der Waals surface area (Å²) < 4.78 is 16.4. The quantitative estimate of drug-likeness (QED) is 0.901. The second-order valence-corrected chi connectivity index (χ2v) is 4.52. The minimum atomic E-state index is -0.724. The van der Waals surface area contributed by atoms with Crippen molar-refractivity contribution >= 4 is 11.0 Å². The van der Waals surface area contributed by atoms with Gasteiger partial charge in [0.05, 0.1) is 19.3 Å². The van der Waals surface area contributed by atoms with E-state index in [-0.39, 0.29) is 12.7 Å². The van der Waals surface area contributed by atoms with Gasteiger partial charge in [-0.25, -0.2) is 0 Å². The van der Waals surface area contributed by atoms with Crippen LogP contribution in [0.15, 0.2) is 34.7 Å². The van der Waals surface area contributed by atoms with Crippen LogP contribution in [0.3, 0.4) is 0 Å². The molecule has 0 spiro atoms. The second kappa shape index (κ2) is 5.10. The predicted molar refractivity (Wildman–Crippen MR) is 66.3 cm³/mol. The summed E-state index contributed by atoms with van der Waals surface area (Å²) in [5, 5.41) is 11.0. The molecule has 2 heterocycles. The van der Waals surface area contributed by atoms with Crippen molar-refractivity contribution in [2.45, 2.75) is 18.6 Å². The average Bonchev–Trinajstić information content (AvgIpc) is 3.04. The summed E-state index contributed by atoms with van der Waals surface area (Å²) in [5.41, 5.74) is 0.788. The molecular weight excluding hydrogens is 232 g/mol. The number of hydrogen-bond acceptors (Lipinski definition) is 4. The zero-order valence-corrected chi connectivity index (χ0v) is 10.0. The summed E-state index contributed by atoms with van der Waals surface area (Å²) in [4.78, 5) is 0. The van der Waals surface area contributed by atoms with Crippen LogP contribution < -0.4 is 0 Å². The van der Waals surface area contributed by atoms with Crippen molar-refractivity contribution in [2.75, 3.05) is 19.8 Å². The summed E-state index contributed by atoms with van der Waals surface area (Å²) in [6, 6.07) is 9.56. The standard InChI is InChI=1S/C14H16O4/c15-12(9-17-11-5-6-16-8-11)14-7-10-3-1-2-4-13(10)18-14/h1-4,7,11-12,15H,5-6,8-9H2. The van der Waals surface area contributed by atoms with Gasteiger partial charge in [0.25, 0.3) is 0 Å². The molecule has 2 unspecified atom stereocenters. The van der Waals surface area contributed by atoms with Gasteiger partial charge in [-0.1, -0.05) is 18.2 Å². The van der Waals surface area contributed by atoms with Gasteiger partial charge in [0.2, 0.25) is 0 Å². The number of hydrogen-bond donors (Lipinski definition) is 1. The molecular formula is C14H16O4. The summed E-state index contributed by atoms with van der Waals surface area (Å²) in [7, 11) is 0. The van der Waals surface area contributed by atoms with Gasteiger partial charge in [-0.3, -0.25) is 0 Å².